The van der Waals surface area contributed by atoms with Gasteiger partial charge in [-0.25, -0.2) is 8.42 Å². The Kier molecular flexibility index (Phi) is 3.92. The first-order valence-electron chi connectivity index (χ1n) is 5.95. The van der Waals surface area contributed by atoms with E-state index in [0.717, 1.165) is 11.1 Å². The maximum atomic E-state index is 12.3. The third-order valence-corrected chi connectivity index (χ3v) is 4.70. The van der Waals surface area contributed by atoms with Crippen LogP contribution in [0, 0.1) is 13.8 Å². The van der Waals surface area contributed by atoms with E-state index in [4.69, 9.17) is 17.3 Å². The minimum absolute atomic E-state index is 0.0792. The summed E-state index contributed by atoms with van der Waals surface area (Å²) in [6, 6.07) is 9.65. The Bertz CT molecular complexity index is 741. The lowest BCUT2D eigenvalue weighted by atomic mass is 10.1. The number of sulfonamides is 1. The van der Waals surface area contributed by atoms with E-state index in [1.165, 1.54) is 0 Å². The standard InChI is InChI=1S/C14H15ClN2O2S/c1-9-7-13(16)14(8-10(9)2)20(18,19)17-12-5-3-11(15)4-6-12/h3-8,17H,16H2,1-2H3. The molecule has 0 atom stereocenters. The summed E-state index contributed by atoms with van der Waals surface area (Å²) >= 11 is 5.77. The van der Waals surface area contributed by atoms with Crippen LogP contribution in [-0.2, 0) is 10.0 Å². The number of hydrogen-bond acceptors (Lipinski definition) is 3. The summed E-state index contributed by atoms with van der Waals surface area (Å²) in [4.78, 5) is 0.0792. The summed E-state index contributed by atoms with van der Waals surface area (Å²) in [7, 11) is -3.71. The van der Waals surface area contributed by atoms with Crippen LogP contribution in [0.3, 0.4) is 0 Å². The van der Waals surface area contributed by atoms with E-state index in [-0.39, 0.29) is 10.6 Å². The molecule has 2 aromatic carbocycles. The van der Waals surface area contributed by atoms with Gasteiger partial charge in [0.05, 0.1) is 5.69 Å². The van der Waals surface area contributed by atoms with Crippen LogP contribution in [0.15, 0.2) is 41.3 Å². The molecule has 0 radical (unpaired) electrons. The van der Waals surface area contributed by atoms with Gasteiger partial charge in [-0.1, -0.05) is 11.6 Å². The van der Waals surface area contributed by atoms with Crippen molar-refractivity contribution in [3.63, 3.8) is 0 Å². The lowest BCUT2D eigenvalue weighted by Crippen LogP contribution is -2.15. The zero-order chi connectivity index (χ0) is 14.9. The van der Waals surface area contributed by atoms with Crippen molar-refractivity contribution in [2.24, 2.45) is 0 Å². The number of benzene rings is 2. The number of anilines is 2. The second-order valence-corrected chi connectivity index (χ2v) is 6.67. The fourth-order valence-corrected chi connectivity index (χ4v) is 3.16. The van der Waals surface area contributed by atoms with Crippen molar-refractivity contribution in [1.82, 2.24) is 0 Å². The van der Waals surface area contributed by atoms with Crippen LogP contribution in [0.5, 0.6) is 0 Å². The van der Waals surface area contributed by atoms with Crippen molar-refractivity contribution < 1.29 is 8.42 Å². The molecule has 3 N–H and O–H groups in total. The average molecular weight is 311 g/mol. The Hall–Kier alpha value is -1.72. The summed E-state index contributed by atoms with van der Waals surface area (Å²) in [5, 5.41) is 0.540. The van der Waals surface area contributed by atoms with Crippen LogP contribution in [0.2, 0.25) is 5.02 Å². The molecule has 4 nitrogen and oxygen atoms in total. The van der Waals surface area contributed by atoms with Crippen molar-refractivity contribution in [1.29, 1.82) is 0 Å². The van der Waals surface area contributed by atoms with E-state index in [1.54, 1.807) is 36.4 Å². The molecule has 0 amide bonds. The molecule has 0 aliphatic carbocycles. The Labute approximate surface area is 123 Å². The zero-order valence-electron chi connectivity index (χ0n) is 11.1. The number of halogens is 1. The Morgan fingerprint density at radius 1 is 1.05 bits per heavy atom. The molecule has 0 aliphatic rings. The lowest BCUT2D eigenvalue weighted by molar-refractivity contribution is 0.601. The van der Waals surface area contributed by atoms with Gasteiger partial charge in [-0.15, -0.1) is 0 Å². The third kappa shape index (κ3) is 3.05. The SMILES string of the molecule is Cc1cc(N)c(S(=O)(=O)Nc2ccc(Cl)cc2)cc1C. The molecule has 0 aromatic heterocycles. The van der Waals surface area contributed by atoms with Gasteiger partial charge in [0.1, 0.15) is 4.90 Å². The Morgan fingerprint density at radius 3 is 2.20 bits per heavy atom. The smallest absolute Gasteiger partial charge is 0.263 e. The van der Waals surface area contributed by atoms with Crippen molar-refractivity contribution in [3.05, 3.63) is 52.5 Å². The average Bonchev–Trinajstić information content (AvgIpc) is 2.36. The monoisotopic (exact) mass is 310 g/mol. The summed E-state index contributed by atoms with van der Waals surface area (Å²) in [5.41, 5.74) is 8.30. The minimum atomic E-state index is -3.71. The summed E-state index contributed by atoms with van der Waals surface area (Å²) in [6.45, 7) is 3.73. The van der Waals surface area contributed by atoms with Crippen molar-refractivity contribution in [2.45, 2.75) is 18.7 Å². The first-order valence-corrected chi connectivity index (χ1v) is 7.81. The van der Waals surface area contributed by atoms with Crippen LogP contribution in [0.4, 0.5) is 11.4 Å². The minimum Gasteiger partial charge on any atom is -0.398 e. The van der Waals surface area contributed by atoms with Crippen LogP contribution in [-0.4, -0.2) is 8.42 Å². The number of nitrogen functional groups attached to an aromatic ring is 1. The Morgan fingerprint density at radius 2 is 1.60 bits per heavy atom. The molecule has 0 bridgehead atoms. The van der Waals surface area contributed by atoms with Crippen molar-refractivity contribution >= 4 is 33.0 Å². The highest BCUT2D eigenvalue weighted by Crippen LogP contribution is 2.25. The summed E-state index contributed by atoms with van der Waals surface area (Å²) in [6.07, 6.45) is 0. The van der Waals surface area contributed by atoms with E-state index >= 15 is 0 Å². The topological polar surface area (TPSA) is 72.2 Å². The fourth-order valence-electron chi connectivity index (χ4n) is 1.77. The summed E-state index contributed by atoms with van der Waals surface area (Å²) in [5.74, 6) is 0. The molecule has 2 rings (SSSR count). The number of aryl methyl sites for hydroxylation is 2. The molecule has 0 unspecified atom stereocenters. The van der Waals surface area contributed by atoms with Crippen molar-refractivity contribution in [3.8, 4) is 0 Å². The van der Waals surface area contributed by atoms with Crippen LogP contribution in [0.1, 0.15) is 11.1 Å². The maximum Gasteiger partial charge on any atom is 0.263 e. The van der Waals surface area contributed by atoms with Crippen LogP contribution >= 0.6 is 11.6 Å². The zero-order valence-corrected chi connectivity index (χ0v) is 12.7. The van der Waals surface area contributed by atoms with Gasteiger partial charge < -0.3 is 5.73 Å². The second-order valence-electron chi connectivity index (χ2n) is 4.59. The van der Waals surface area contributed by atoms with Gasteiger partial charge in [0.25, 0.3) is 10.0 Å². The van der Waals surface area contributed by atoms with E-state index < -0.39 is 10.0 Å². The number of rotatable bonds is 3. The highest BCUT2D eigenvalue weighted by atomic mass is 35.5. The van der Waals surface area contributed by atoms with Gasteiger partial charge in [0.15, 0.2) is 0 Å². The van der Waals surface area contributed by atoms with E-state index in [1.807, 2.05) is 13.8 Å². The predicted molar refractivity (Wildman–Crippen MR) is 82.6 cm³/mol. The molecule has 2 aromatic rings. The number of hydrogen-bond donors (Lipinski definition) is 2. The van der Waals surface area contributed by atoms with Gasteiger partial charge in [-0.3, -0.25) is 4.72 Å². The molecular weight excluding hydrogens is 296 g/mol. The molecule has 0 saturated carbocycles. The maximum absolute atomic E-state index is 12.3. The van der Waals surface area contributed by atoms with Gasteiger partial charge in [0.2, 0.25) is 0 Å². The normalized spacial score (nSPS) is 11.3. The van der Waals surface area contributed by atoms with Gasteiger partial charge in [0, 0.05) is 10.7 Å². The molecule has 0 aliphatic heterocycles. The van der Waals surface area contributed by atoms with Crippen LogP contribution < -0.4 is 10.5 Å². The molecular formula is C14H15ClN2O2S. The highest BCUT2D eigenvalue weighted by Gasteiger charge is 2.18. The van der Waals surface area contributed by atoms with E-state index in [0.29, 0.717) is 10.7 Å². The Balaban J connectivity index is 2.40. The molecule has 6 heteroatoms. The fraction of sp³-hybridized carbons (Fsp3) is 0.143. The van der Waals surface area contributed by atoms with Crippen molar-refractivity contribution in [2.75, 3.05) is 10.5 Å². The molecule has 0 spiro atoms. The van der Waals surface area contributed by atoms with Crippen LogP contribution in [0.25, 0.3) is 0 Å². The highest BCUT2D eigenvalue weighted by molar-refractivity contribution is 7.92. The summed E-state index contributed by atoms with van der Waals surface area (Å²) < 4.78 is 27.2. The first-order chi connectivity index (χ1) is 9.29. The molecule has 106 valence electrons. The molecule has 0 heterocycles. The molecule has 20 heavy (non-hydrogen) atoms. The number of nitrogens with two attached hydrogens (primary N) is 1. The molecule has 0 saturated heterocycles. The van der Waals surface area contributed by atoms with Gasteiger partial charge in [-0.05, 0) is 61.4 Å². The molecule has 0 fully saturated rings. The van der Waals surface area contributed by atoms with E-state index in [9.17, 15) is 8.42 Å². The largest absolute Gasteiger partial charge is 0.398 e. The van der Waals surface area contributed by atoms with E-state index in [2.05, 4.69) is 4.72 Å². The first kappa shape index (κ1) is 14.7. The lowest BCUT2D eigenvalue weighted by Gasteiger charge is -2.12. The predicted octanol–water partition coefficient (Wildman–Crippen LogP) is 3.34. The third-order valence-electron chi connectivity index (χ3n) is 3.01. The number of nitrogens with one attached hydrogen (secondary N) is 1. The quantitative estimate of drug-likeness (QED) is 0.854. The van der Waals surface area contributed by atoms with Gasteiger partial charge >= 0.3 is 0 Å². The van der Waals surface area contributed by atoms with Gasteiger partial charge in [-0.2, -0.15) is 0 Å². The second kappa shape index (κ2) is 5.34.